The molecule has 1 unspecified atom stereocenters. The Labute approximate surface area is 115 Å². The third-order valence-corrected chi connectivity index (χ3v) is 3.18. The lowest BCUT2D eigenvalue weighted by Gasteiger charge is -2.28. The van der Waals surface area contributed by atoms with Gasteiger partial charge in [-0.15, -0.1) is 0 Å². The van der Waals surface area contributed by atoms with Gasteiger partial charge < -0.3 is 15.8 Å². The Bertz CT molecular complexity index is 457. The molecule has 1 aromatic rings. The summed E-state index contributed by atoms with van der Waals surface area (Å²) >= 11 is 0. The Morgan fingerprint density at radius 3 is 2.58 bits per heavy atom. The molecule has 5 nitrogen and oxygen atoms in total. The monoisotopic (exact) mass is 264 g/mol. The molecule has 5 heteroatoms. The summed E-state index contributed by atoms with van der Waals surface area (Å²) in [6, 6.07) is 4.03. The smallest absolute Gasteiger partial charge is 0.170 e. The van der Waals surface area contributed by atoms with E-state index in [9.17, 15) is 0 Å². The van der Waals surface area contributed by atoms with Crippen LogP contribution in [-0.2, 0) is 0 Å². The molecule has 0 spiro atoms. The van der Waals surface area contributed by atoms with Gasteiger partial charge in [0.2, 0.25) is 0 Å². The molecule has 0 aliphatic carbocycles. The molecule has 0 saturated carbocycles. The van der Waals surface area contributed by atoms with Crippen LogP contribution in [0.25, 0.3) is 0 Å². The first-order valence-electron chi connectivity index (χ1n) is 6.54. The van der Waals surface area contributed by atoms with Crippen LogP contribution in [0.15, 0.2) is 17.3 Å². The predicted molar refractivity (Wildman–Crippen MR) is 78.8 cm³/mol. The van der Waals surface area contributed by atoms with Crippen molar-refractivity contribution in [1.29, 1.82) is 0 Å². The van der Waals surface area contributed by atoms with Gasteiger partial charge in [-0.3, -0.25) is 0 Å². The largest absolute Gasteiger partial charge is 0.409 e. The third kappa shape index (κ3) is 4.12. The van der Waals surface area contributed by atoms with Gasteiger partial charge in [0, 0.05) is 24.3 Å². The average molecular weight is 264 g/mol. The zero-order chi connectivity index (χ0) is 14.6. The summed E-state index contributed by atoms with van der Waals surface area (Å²) in [5.74, 6) is 1.58. The second-order valence-electron chi connectivity index (χ2n) is 5.43. The zero-order valence-electron chi connectivity index (χ0n) is 12.4. The molecule has 3 N–H and O–H groups in total. The molecule has 106 valence electrons. The highest BCUT2D eigenvalue weighted by molar-refractivity contribution is 5.97. The molecule has 1 aromatic heterocycles. The van der Waals surface area contributed by atoms with Crippen molar-refractivity contribution in [3.63, 3.8) is 0 Å². The standard InChI is InChI=1S/C14H24N4O/c1-9(2)6-11(4)18(5)13-8-12(14(15)17-19)7-10(3)16-13/h7-9,11,19H,6H2,1-5H3,(H2,15,17). The van der Waals surface area contributed by atoms with Crippen molar-refractivity contribution < 1.29 is 5.21 Å². The van der Waals surface area contributed by atoms with Gasteiger partial charge in [0.25, 0.3) is 0 Å². The van der Waals surface area contributed by atoms with Gasteiger partial charge in [0.05, 0.1) is 0 Å². The van der Waals surface area contributed by atoms with Crippen molar-refractivity contribution in [3.05, 3.63) is 23.4 Å². The lowest BCUT2D eigenvalue weighted by atomic mass is 10.0. The molecule has 1 rings (SSSR count). The fourth-order valence-electron chi connectivity index (χ4n) is 2.10. The van der Waals surface area contributed by atoms with Crippen molar-refractivity contribution in [1.82, 2.24) is 4.98 Å². The minimum absolute atomic E-state index is 0.108. The van der Waals surface area contributed by atoms with Crippen LogP contribution in [-0.4, -0.2) is 29.1 Å². The van der Waals surface area contributed by atoms with Crippen molar-refractivity contribution in [3.8, 4) is 0 Å². The summed E-state index contributed by atoms with van der Waals surface area (Å²) < 4.78 is 0. The lowest BCUT2D eigenvalue weighted by molar-refractivity contribution is 0.318. The third-order valence-electron chi connectivity index (χ3n) is 3.18. The van der Waals surface area contributed by atoms with Crippen LogP contribution in [0, 0.1) is 12.8 Å². The van der Waals surface area contributed by atoms with Crippen molar-refractivity contribution in [2.24, 2.45) is 16.8 Å². The second-order valence-corrected chi connectivity index (χ2v) is 5.43. The molecule has 0 fully saturated rings. The summed E-state index contributed by atoms with van der Waals surface area (Å²) in [6.45, 7) is 8.48. The van der Waals surface area contributed by atoms with Crippen LogP contribution >= 0.6 is 0 Å². The van der Waals surface area contributed by atoms with E-state index in [-0.39, 0.29) is 5.84 Å². The van der Waals surface area contributed by atoms with Crippen molar-refractivity contribution in [2.75, 3.05) is 11.9 Å². The van der Waals surface area contributed by atoms with E-state index in [0.29, 0.717) is 17.5 Å². The van der Waals surface area contributed by atoms with Gasteiger partial charge >= 0.3 is 0 Å². The highest BCUT2D eigenvalue weighted by Crippen LogP contribution is 2.19. The maximum absolute atomic E-state index is 8.77. The van der Waals surface area contributed by atoms with E-state index in [2.05, 4.69) is 35.8 Å². The maximum atomic E-state index is 8.77. The Kier molecular flexibility index (Phi) is 5.15. The molecule has 0 radical (unpaired) electrons. The number of hydrogen-bond donors (Lipinski definition) is 2. The van der Waals surface area contributed by atoms with Crippen LogP contribution in [0.1, 0.15) is 38.4 Å². The average Bonchev–Trinajstić information content (AvgIpc) is 2.35. The van der Waals surface area contributed by atoms with Gasteiger partial charge in [-0.1, -0.05) is 19.0 Å². The molecular formula is C14H24N4O. The minimum atomic E-state index is 0.108. The SMILES string of the molecule is Cc1cc(/C(N)=N/O)cc(N(C)C(C)CC(C)C)n1. The maximum Gasteiger partial charge on any atom is 0.170 e. The van der Waals surface area contributed by atoms with Gasteiger partial charge in [0.15, 0.2) is 5.84 Å². The first-order valence-corrected chi connectivity index (χ1v) is 6.54. The number of aromatic nitrogens is 1. The number of oxime groups is 1. The van der Waals surface area contributed by atoms with E-state index in [1.807, 2.05) is 20.0 Å². The number of anilines is 1. The minimum Gasteiger partial charge on any atom is -0.409 e. The Morgan fingerprint density at radius 1 is 1.42 bits per heavy atom. The second kappa shape index (κ2) is 6.41. The predicted octanol–water partition coefficient (Wildman–Crippen LogP) is 2.36. The number of nitrogens with zero attached hydrogens (tertiary/aromatic N) is 3. The first kappa shape index (κ1) is 15.3. The number of aryl methyl sites for hydroxylation is 1. The molecule has 0 saturated heterocycles. The van der Waals surface area contributed by atoms with E-state index in [1.165, 1.54) is 0 Å². The first-order chi connectivity index (χ1) is 8.85. The fraction of sp³-hybridized carbons (Fsp3) is 0.571. The summed E-state index contributed by atoms with van der Waals surface area (Å²) in [5, 5.41) is 11.8. The highest BCUT2D eigenvalue weighted by atomic mass is 16.4. The van der Waals surface area contributed by atoms with Crippen LogP contribution in [0.3, 0.4) is 0 Å². The fourth-order valence-corrected chi connectivity index (χ4v) is 2.10. The number of rotatable bonds is 5. The molecule has 0 aliphatic heterocycles. The van der Waals surface area contributed by atoms with E-state index >= 15 is 0 Å². The van der Waals surface area contributed by atoms with Crippen LogP contribution in [0.4, 0.5) is 5.82 Å². The lowest BCUT2D eigenvalue weighted by Crippen LogP contribution is -2.31. The number of amidine groups is 1. The van der Waals surface area contributed by atoms with Gasteiger partial charge in [-0.05, 0) is 38.3 Å². The molecule has 0 aliphatic rings. The van der Waals surface area contributed by atoms with E-state index in [1.54, 1.807) is 6.07 Å². The van der Waals surface area contributed by atoms with E-state index < -0.39 is 0 Å². The molecule has 1 atom stereocenters. The topological polar surface area (TPSA) is 74.7 Å². The normalized spacial score (nSPS) is 13.7. The summed E-state index contributed by atoms with van der Waals surface area (Å²) in [4.78, 5) is 6.64. The number of nitrogens with two attached hydrogens (primary N) is 1. The van der Waals surface area contributed by atoms with Crippen LogP contribution < -0.4 is 10.6 Å². The Morgan fingerprint density at radius 2 is 2.05 bits per heavy atom. The summed E-state index contributed by atoms with van der Waals surface area (Å²) in [6.07, 6.45) is 1.09. The van der Waals surface area contributed by atoms with Gasteiger partial charge in [0.1, 0.15) is 5.82 Å². The van der Waals surface area contributed by atoms with E-state index in [4.69, 9.17) is 10.9 Å². The Balaban J connectivity index is 3.03. The van der Waals surface area contributed by atoms with Crippen molar-refractivity contribution in [2.45, 2.75) is 40.2 Å². The Hall–Kier alpha value is -1.78. The van der Waals surface area contributed by atoms with Crippen LogP contribution in [0.2, 0.25) is 0 Å². The molecular weight excluding hydrogens is 240 g/mol. The van der Waals surface area contributed by atoms with Gasteiger partial charge in [-0.2, -0.15) is 0 Å². The zero-order valence-corrected chi connectivity index (χ0v) is 12.4. The molecule has 0 aromatic carbocycles. The van der Waals surface area contributed by atoms with Crippen LogP contribution in [0.5, 0.6) is 0 Å². The molecule has 19 heavy (non-hydrogen) atoms. The summed E-state index contributed by atoms with van der Waals surface area (Å²) in [5.41, 5.74) is 7.18. The molecule has 0 bridgehead atoms. The molecule has 0 amide bonds. The number of hydrogen-bond acceptors (Lipinski definition) is 4. The quantitative estimate of drug-likeness (QED) is 0.370. The molecule has 1 heterocycles. The number of pyridine rings is 1. The summed E-state index contributed by atoms with van der Waals surface area (Å²) in [7, 11) is 2.02. The van der Waals surface area contributed by atoms with Gasteiger partial charge in [-0.25, -0.2) is 4.98 Å². The highest BCUT2D eigenvalue weighted by Gasteiger charge is 2.14. The van der Waals surface area contributed by atoms with E-state index in [0.717, 1.165) is 17.9 Å². The van der Waals surface area contributed by atoms with Crippen molar-refractivity contribution >= 4 is 11.7 Å².